The number of nitriles is 1. The molecule has 4 heteroatoms. The van der Waals surface area contributed by atoms with Crippen LogP contribution in [0.1, 0.15) is 30.4 Å². The molecule has 4 nitrogen and oxygen atoms in total. The highest BCUT2D eigenvalue weighted by Gasteiger charge is 2.18. The minimum absolute atomic E-state index is 0.112. The fraction of sp³-hybridized carbons (Fsp3) is 0.385. The topological polar surface area (TPSA) is 64.9 Å². The molecule has 1 aromatic carbocycles. The van der Waals surface area contributed by atoms with E-state index >= 15 is 0 Å². The molecule has 0 aromatic heterocycles. The Kier molecular flexibility index (Phi) is 3.61. The molecule has 1 saturated carbocycles. The van der Waals surface area contributed by atoms with Crippen molar-refractivity contribution in [2.24, 2.45) is 0 Å². The van der Waals surface area contributed by atoms with Crippen LogP contribution in [-0.2, 0) is 6.54 Å². The number of rotatable bonds is 3. The molecule has 0 heterocycles. The van der Waals surface area contributed by atoms with Crippen LogP contribution in [0.2, 0.25) is 0 Å². The number of hydrogen-bond donors (Lipinski definition) is 2. The number of urea groups is 1. The Hall–Kier alpha value is -2.02. The lowest BCUT2D eigenvalue weighted by molar-refractivity contribution is 0.228. The van der Waals surface area contributed by atoms with Crippen molar-refractivity contribution < 1.29 is 4.79 Å². The second kappa shape index (κ2) is 5.35. The molecular weight excluding hydrogens is 214 g/mol. The fourth-order valence-electron chi connectivity index (χ4n) is 1.67. The van der Waals surface area contributed by atoms with Gasteiger partial charge >= 0.3 is 6.03 Å². The maximum absolute atomic E-state index is 11.5. The average Bonchev–Trinajstić information content (AvgIpc) is 2.32. The highest BCUT2D eigenvalue weighted by Crippen LogP contribution is 2.17. The van der Waals surface area contributed by atoms with Crippen molar-refractivity contribution in [3.63, 3.8) is 0 Å². The van der Waals surface area contributed by atoms with Crippen molar-refractivity contribution in [3.8, 4) is 6.07 Å². The van der Waals surface area contributed by atoms with E-state index in [1.165, 1.54) is 6.42 Å². The van der Waals surface area contributed by atoms with Gasteiger partial charge in [0.25, 0.3) is 0 Å². The molecule has 0 spiro atoms. The van der Waals surface area contributed by atoms with Gasteiger partial charge in [-0.3, -0.25) is 0 Å². The first-order valence-corrected chi connectivity index (χ1v) is 5.81. The van der Waals surface area contributed by atoms with Crippen molar-refractivity contribution >= 4 is 6.03 Å². The maximum Gasteiger partial charge on any atom is 0.315 e. The molecule has 0 atom stereocenters. The summed E-state index contributed by atoms with van der Waals surface area (Å²) in [6.07, 6.45) is 3.38. The van der Waals surface area contributed by atoms with Gasteiger partial charge in [0.2, 0.25) is 0 Å². The van der Waals surface area contributed by atoms with E-state index in [2.05, 4.69) is 16.7 Å². The van der Waals surface area contributed by atoms with Crippen molar-refractivity contribution in [3.05, 3.63) is 35.4 Å². The molecule has 1 aliphatic rings. The fourth-order valence-corrected chi connectivity index (χ4v) is 1.67. The molecule has 1 aromatic rings. The molecule has 17 heavy (non-hydrogen) atoms. The van der Waals surface area contributed by atoms with E-state index < -0.39 is 0 Å². The third kappa shape index (κ3) is 3.22. The smallest absolute Gasteiger partial charge is 0.315 e. The van der Waals surface area contributed by atoms with Crippen LogP contribution in [-0.4, -0.2) is 12.1 Å². The third-order valence-electron chi connectivity index (χ3n) is 2.98. The Bertz CT molecular complexity index is 429. The Labute approximate surface area is 101 Å². The van der Waals surface area contributed by atoms with Crippen molar-refractivity contribution in [1.29, 1.82) is 5.26 Å². The monoisotopic (exact) mass is 229 g/mol. The number of nitrogens with one attached hydrogen (secondary N) is 2. The van der Waals surface area contributed by atoms with Gasteiger partial charge in [0.15, 0.2) is 0 Å². The SMILES string of the molecule is N#Cc1ccc(CNC(=O)NC2CCC2)cc1. The standard InChI is InChI=1S/C13H15N3O/c14-8-10-4-6-11(7-5-10)9-15-13(17)16-12-2-1-3-12/h4-7,12H,1-3,9H2,(H2,15,16,17). The zero-order valence-corrected chi connectivity index (χ0v) is 9.57. The van der Waals surface area contributed by atoms with E-state index in [4.69, 9.17) is 5.26 Å². The highest BCUT2D eigenvalue weighted by molar-refractivity contribution is 5.74. The number of carbonyl (C=O) groups excluding carboxylic acids is 1. The van der Waals surface area contributed by atoms with E-state index in [1.807, 2.05) is 12.1 Å². The van der Waals surface area contributed by atoms with Crippen LogP contribution in [0.15, 0.2) is 24.3 Å². The summed E-state index contributed by atoms with van der Waals surface area (Å²) in [6, 6.07) is 9.51. The van der Waals surface area contributed by atoms with Gasteiger partial charge in [-0.1, -0.05) is 12.1 Å². The highest BCUT2D eigenvalue weighted by atomic mass is 16.2. The van der Waals surface area contributed by atoms with Crippen LogP contribution in [0.5, 0.6) is 0 Å². The van der Waals surface area contributed by atoms with Gasteiger partial charge in [0.05, 0.1) is 11.6 Å². The first kappa shape index (κ1) is 11.5. The van der Waals surface area contributed by atoms with Gasteiger partial charge in [-0.15, -0.1) is 0 Å². The molecule has 2 N–H and O–H groups in total. The quantitative estimate of drug-likeness (QED) is 0.831. The zero-order valence-electron chi connectivity index (χ0n) is 9.57. The average molecular weight is 229 g/mol. The predicted molar refractivity (Wildman–Crippen MR) is 64.2 cm³/mol. The molecule has 0 saturated heterocycles. The molecule has 0 unspecified atom stereocenters. The first-order chi connectivity index (χ1) is 8.28. The maximum atomic E-state index is 11.5. The van der Waals surface area contributed by atoms with E-state index in [1.54, 1.807) is 12.1 Å². The van der Waals surface area contributed by atoms with E-state index in [0.717, 1.165) is 18.4 Å². The molecule has 2 rings (SSSR count). The van der Waals surface area contributed by atoms with Crippen LogP contribution < -0.4 is 10.6 Å². The molecule has 2 amide bonds. The van der Waals surface area contributed by atoms with E-state index in [0.29, 0.717) is 18.2 Å². The summed E-state index contributed by atoms with van der Waals surface area (Å²) >= 11 is 0. The summed E-state index contributed by atoms with van der Waals surface area (Å²) in [6.45, 7) is 0.490. The van der Waals surface area contributed by atoms with Crippen molar-refractivity contribution in [2.45, 2.75) is 31.8 Å². The summed E-state index contributed by atoms with van der Waals surface area (Å²) in [7, 11) is 0. The summed E-state index contributed by atoms with van der Waals surface area (Å²) in [5.74, 6) is 0. The summed E-state index contributed by atoms with van der Waals surface area (Å²) in [4.78, 5) is 11.5. The number of nitrogens with zero attached hydrogens (tertiary/aromatic N) is 1. The lowest BCUT2D eigenvalue weighted by Crippen LogP contribution is -2.44. The van der Waals surface area contributed by atoms with Gasteiger partial charge < -0.3 is 10.6 Å². The Morgan fingerprint density at radius 1 is 1.35 bits per heavy atom. The predicted octanol–water partition coefficient (Wildman–Crippen LogP) is 1.91. The number of hydrogen-bond acceptors (Lipinski definition) is 2. The van der Waals surface area contributed by atoms with Crippen molar-refractivity contribution in [2.75, 3.05) is 0 Å². The molecule has 1 fully saturated rings. The van der Waals surface area contributed by atoms with Crippen LogP contribution in [0.4, 0.5) is 4.79 Å². The van der Waals surface area contributed by atoms with Gasteiger partial charge in [-0.2, -0.15) is 5.26 Å². The first-order valence-electron chi connectivity index (χ1n) is 5.81. The number of amides is 2. The van der Waals surface area contributed by atoms with Crippen LogP contribution in [0, 0.1) is 11.3 Å². The molecule has 1 aliphatic carbocycles. The Balaban J connectivity index is 1.76. The Morgan fingerprint density at radius 3 is 2.59 bits per heavy atom. The van der Waals surface area contributed by atoms with Gasteiger partial charge in [0.1, 0.15) is 0 Å². The van der Waals surface area contributed by atoms with Crippen LogP contribution in [0.25, 0.3) is 0 Å². The Morgan fingerprint density at radius 2 is 2.06 bits per heavy atom. The second-order valence-electron chi connectivity index (χ2n) is 4.26. The largest absolute Gasteiger partial charge is 0.335 e. The van der Waals surface area contributed by atoms with Gasteiger partial charge in [-0.05, 0) is 37.0 Å². The summed E-state index contributed by atoms with van der Waals surface area (Å²) in [5.41, 5.74) is 1.63. The van der Waals surface area contributed by atoms with E-state index in [9.17, 15) is 4.79 Å². The van der Waals surface area contributed by atoms with Crippen LogP contribution >= 0.6 is 0 Å². The molecule has 0 bridgehead atoms. The molecule has 0 radical (unpaired) electrons. The lowest BCUT2D eigenvalue weighted by Gasteiger charge is -2.26. The third-order valence-corrected chi connectivity index (χ3v) is 2.98. The minimum atomic E-state index is -0.112. The summed E-state index contributed by atoms with van der Waals surface area (Å²) in [5, 5.41) is 14.4. The normalized spacial score (nSPS) is 14.5. The summed E-state index contributed by atoms with van der Waals surface area (Å²) < 4.78 is 0. The minimum Gasteiger partial charge on any atom is -0.335 e. The lowest BCUT2D eigenvalue weighted by atomic mass is 9.93. The van der Waals surface area contributed by atoms with Gasteiger partial charge in [0, 0.05) is 12.6 Å². The van der Waals surface area contributed by atoms with Crippen molar-refractivity contribution in [1.82, 2.24) is 10.6 Å². The zero-order chi connectivity index (χ0) is 12.1. The molecule has 0 aliphatic heterocycles. The van der Waals surface area contributed by atoms with E-state index in [-0.39, 0.29) is 6.03 Å². The second-order valence-corrected chi connectivity index (χ2v) is 4.26. The van der Waals surface area contributed by atoms with Crippen LogP contribution in [0.3, 0.4) is 0 Å². The van der Waals surface area contributed by atoms with Gasteiger partial charge in [-0.25, -0.2) is 4.79 Å². The molecular formula is C13H15N3O. The number of carbonyl (C=O) groups is 1. The molecule has 88 valence electrons. The number of benzene rings is 1.